The van der Waals surface area contributed by atoms with Crippen molar-refractivity contribution in [2.45, 2.75) is 0 Å². The highest BCUT2D eigenvalue weighted by molar-refractivity contribution is 7.13. The van der Waals surface area contributed by atoms with Crippen LogP contribution in [-0.2, 0) is 0 Å². The lowest BCUT2D eigenvalue weighted by Crippen LogP contribution is -2.32. The van der Waals surface area contributed by atoms with Crippen molar-refractivity contribution in [2.75, 3.05) is 26.2 Å². The van der Waals surface area contributed by atoms with Gasteiger partial charge in [-0.2, -0.15) is 0 Å². The van der Waals surface area contributed by atoms with E-state index in [-0.39, 0.29) is 17.5 Å². The molecule has 0 unspecified atom stereocenters. The fraction of sp³-hybridized carbons (Fsp3) is 0.316. The van der Waals surface area contributed by atoms with Gasteiger partial charge in [0.15, 0.2) is 5.82 Å². The Kier molecular flexibility index (Phi) is 4.02. The maximum atomic E-state index is 13.3. The van der Waals surface area contributed by atoms with Gasteiger partial charge in [0.25, 0.3) is 5.91 Å². The lowest BCUT2D eigenvalue weighted by molar-refractivity contribution is 0.0769. The summed E-state index contributed by atoms with van der Waals surface area (Å²) in [6.45, 7) is 3.42. The molecule has 0 bridgehead atoms. The van der Waals surface area contributed by atoms with Crippen LogP contribution in [0.2, 0.25) is 0 Å². The molecular formula is C19H18FN5OS. The third-order valence-corrected chi connectivity index (χ3v) is 6.15. The summed E-state index contributed by atoms with van der Waals surface area (Å²) in [5, 5.41) is 9.82. The predicted molar refractivity (Wildman–Crippen MR) is 100 cm³/mol. The number of carbonyl (C=O) groups excluding carboxylic acids is 1. The fourth-order valence-corrected chi connectivity index (χ4v) is 4.59. The van der Waals surface area contributed by atoms with E-state index in [9.17, 15) is 9.18 Å². The van der Waals surface area contributed by atoms with E-state index in [0.29, 0.717) is 23.3 Å². The van der Waals surface area contributed by atoms with Crippen LogP contribution in [0.1, 0.15) is 10.6 Å². The summed E-state index contributed by atoms with van der Waals surface area (Å²) >= 11 is 1.53. The molecule has 2 saturated heterocycles. The highest BCUT2D eigenvalue weighted by Gasteiger charge is 2.39. The maximum absolute atomic E-state index is 13.3. The zero-order valence-electron chi connectivity index (χ0n) is 14.5. The first-order valence-corrected chi connectivity index (χ1v) is 9.84. The molecule has 2 aliphatic heterocycles. The molecule has 27 heavy (non-hydrogen) atoms. The van der Waals surface area contributed by atoms with Gasteiger partial charge >= 0.3 is 0 Å². The van der Waals surface area contributed by atoms with Crippen LogP contribution in [0.15, 0.2) is 41.8 Å². The summed E-state index contributed by atoms with van der Waals surface area (Å²) < 4.78 is 14.9. The van der Waals surface area contributed by atoms with Crippen molar-refractivity contribution in [3.05, 3.63) is 53.4 Å². The number of nitrogens with zero attached hydrogens (tertiary/aromatic N) is 4. The van der Waals surface area contributed by atoms with Crippen LogP contribution in [0.25, 0.3) is 16.4 Å². The fourth-order valence-electron chi connectivity index (χ4n) is 3.89. The Bertz CT molecular complexity index is 957. The second-order valence-electron chi connectivity index (χ2n) is 7.01. The third kappa shape index (κ3) is 2.94. The predicted octanol–water partition coefficient (Wildman–Crippen LogP) is 2.43. The Morgan fingerprint density at radius 1 is 1.15 bits per heavy atom. The molecule has 2 atom stereocenters. The average Bonchev–Trinajstić information content (AvgIpc) is 3.43. The Labute approximate surface area is 159 Å². The highest BCUT2D eigenvalue weighted by atomic mass is 32.1. The molecule has 5 rings (SSSR count). The molecule has 1 N–H and O–H groups in total. The topological polar surface area (TPSA) is 63.1 Å². The lowest BCUT2D eigenvalue weighted by Gasteiger charge is -2.15. The SMILES string of the molecule is O=C(c1nc(-c2cccs2)n(-c2ccc(F)cc2)n1)N1C[C@H]2CNC[C@H]2C1. The number of aromatic nitrogens is 3. The Morgan fingerprint density at radius 2 is 1.89 bits per heavy atom. The minimum atomic E-state index is -0.315. The number of thiophene rings is 1. The second kappa shape index (κ2) is 6.54. The number of fused-ring (bicyclic) bond motifs is 1. The number of likely N-dealkylation sites (tertiary alicyclic amines) is 1. The molecule has 0 saturated carbocycles. The normalized spacial score (nSPS) is 21.6. The molecule has 0 spiro atoms. The van der Waals surface area contributed by atoms with E-state index in [4.69, 9.17) is 0 Å². The van der Waals surface area contributed by atoms with Gasteiger partial charge < -0.3 is 10.2 Å². The summed E-state index contributed by atoms with van der Waals surface area (Å²) in [7, 11) is 0. The summed E-state index contributed by atoms with van der Waals surface area (Å²) in [6.07, 6.45) is 0. The molecule has 2 aromatic heterocycles. The van der Waals surface area contributed by atoms with Crippen molar-refractivity contribution in [3.8, 4) is 16.4 Å². The lowest BCUT2D eigenvalue weighted by atomic mass is 10.0. The Morgan fingerprint density at radius 3 is 2.56 bits per heavy atom. The zero-order valence-corrected chi connectivity index (χ0v) is 15.3. The molecule has 2 fully saturated rings. The second-order valence-corrected chi connectivity index (χ2v) is 7.96. The summed E-state index contributed by atoms with van der Waals surface area (Å²) in [5.74, 6) is 1.37. The molecular weight excluding hydrogens is 365 g/mol. The smallest absolute Gasteiger partial charge is 0.293 e. The van der Waals surface area contributed by atoms with Crippen LogP contribution in [0, 0.1) is 17.7 Å². The molecule has 0 radical (unpaired) electrons. The number of amides is 1. The molecule has 8 heteroatoms. The van der Waals surface area contributed by atoms with Gasteiger partial charge in [-0.25, -0.2) is 14.1 Å². The molecule has 138 valence electrons. The van der Waals surface area contributed by atoms with Gasteiger partial charge in [-0.3, -0.25) is 4.79 Å². The minimum Gasteiger partial charge on any atom is -0.335 e. The first-order valence-electron chi connectivity index (χ1n) is 8.96. The molecule has 1 amide bonds. The van der Waals surface area contributed by atoms with Gasteiger partial charge in [0.1, 0.15) is 5.82 Å². The Balaban J connectivity index is 1.51. The molecule has 6 nitrogen and oxygen atoms in total. The van der Waals surface area contributed by atoms with Crippen LogP contribution in [0.4, 0.5) is 4.39 Å². The summed E-state index contributed by atoms with van der Waals surface area (Å²) in [4.78, 5) is 20.3. The largest absolute Gasteiger partial charge is 0.335 e. The minimum absolute atomic E-state index is 0.136. The number of halogens is 1. The van der Waals surface area contributed by atoms with E-state index < -0.39 is 0 Å². The van der Waals surface area contributed by atoms with E-state index in [1.165, 1.54) is 23.5 Å². The van der Waals surface area contributed by atoms with Crippen molar-refractivity contribution in [2.24, 2.45) is 11.8 Å². The average molecular weight is 383 g/mol. The quantitative estimate of drug-likeness (QED) is 0.755. The van der Waals surface area contributed by atoms with Crippen molar-refractivity contribution in [1.29, 1.82) is 0 Å². The van der Waals surface area contributed by atoms with Crippen molar-refractivity contribution < 1.29 is 9.18 Å². The van der Waals surface area contributed by atoms with Crippen molar-refractivity contribution >= 4 is 17.2 Å². The van der Waals surface area contributed by atoms with E-state index in [1.54, 1.807) is 16.8 Å². The number of carbonyl (C=O) groups is 1. The molecule has 4 heterocycles. The molecule has 2 aliphatic rings. The van der Waals surface area contributed by atoms with Gasteiger partial charge in [0.2, 0.25) is 5.82 Å². The van der Waals surface area contributed by atoms with Gasteiger partial charge in [-0.15, -0.1) is 16.4 Å². The van der Waals surface area contributed by atoms with E-state index in [2.05, 4.69) is 15.4 Å². The number of nitrogens with one attached hydrogen (secondary N) is 1. The highest BCUT2D eigenvalue weighted by Crippen LogP contribution is 2.29. The summed E-state index contributed by atoms with van der Waals surface area (Å²) in [5.41, 5.74) is 0.675. The van der Waals surface area contributed by atoms with Crippen molar-refractivity contribution in [1.82, 2.24) is 25.0 Å². The van der Waals surface area contributed by atoms with Gasteiger partial charge in [0, 0.05) is 26.2 Å². The van der Waals surface area contributed by atoms with Gasteiger partial charge in [-0.1, -0.05) is 6.07 Å². The number of benzene rings is 1. The van der Waals surface area contributed by atoms with Crippen LogP contribution in [-0.4, -0.2) is 51.8 Å². The molecule has 1 aromatic carbocycles. The third-order valence-electron chi connectivity index (χ3n) is 5.29. The van der Waals surface area contributed by atoms with Gasteiger partial charge in [0.05, 0.1) is 10.6 Å². The van der Waals surface area contributed by atoms with Crippen LogP contribution < -0.4 is 5.32 Å². The number of rotatable bonds is 3. The first kappa shape index (κ1) is 16.6. The van der Waals surface area contributed by atoms with Gasteiger partial charge in [-0.05, 0) is 47.5 Å². The van der Waals surface area contributed by atoms with Crippen LogP contribution in [0.3, 0.4) is 0 Å². The molecule has 3 aromatic rings. The standard InChI is InChI=1S/C19H18FN5OS/c20-14-3-5-15(6-4-14)25-18(16-2-1-7-27-16)22-17(23-25)19(26)24-10-12-8-21-9-13(12)11-24/h1-7,12-13,21H,8-11H2/t12-,13+. The Hall–Kier alpha value is -2.58. The van der Waals surface area contributed by atoms with E-state index in [0.717, 1.165) is 31.1 Å². The van der Waals surface area contributed by atoms with E-state index >= 15 is 0 Å². The van der Waals surface area contributed by atoms with E-state index in [1.807, 2.05) is 22.4 Å². The zero-order chi connectivity index (χ0) is 18.4. The molecule has 0 aliphatic carbocycles. The number of hydrogen-bond donors (Lipinski definition) is 1. The first-order chi connectivity index (χ1) is 13.2. The maximum Gasteiger partial charge on any atom is 0.293 e. The van der Waals surface area contributed by atoms with Crippen molar-refractivity contribution in [3.63, 3.8) is 0 Å². The van der Waals surface area contributed by atoms with Crippen LogP contribution in [0.5, 0.6) is 0 Å². The van der Waals surface area contributed by atoms with Crippen LogP contribution >= 0.6 is 11.3 Å². The summed E-state index contributed by atoms with van der Waals surface area (Å²) in [6, 6.07) is 9.91. The monoisotopic (exact) mass is 383 g/mol. The number of hydrogen-bond acceptors (Lipinski definition) is 5.